The standard InChI is InChI=1S/C20H18F2N4O2/c21-13-3-1-12(2-4-13)19-20(28)23-9-10-26(19)18(27)8-7-17-24-15-6-5-14(22)11-16(15)25-17/h1-6,11,19H,7-10H2,(H,23,28)(H,24,25)/t19-/m1/s1. The maximum Gasteiger partial charge on any atom is 0.247 e. The van der Waals surface area contributed by atoms with Crippen LogP contribution in [0.5, 0.6) is 0 Å². The summed E-state index contributed by atoms with van der Waals surface area (Å²) in [6, 6.07) is 9.04. The van der Waals surface area contributed by atoms with Gasteiger partial charge in [-0.15, -0.1) is 0 Å². The van der Waals surface area contributed by atoms with Gasteiger partial charge in [-0.1, -0.05) is 12.1 Å². The van der Waals surface area contributed by atoms with E-state index in [1.54, 1.807) is 6.07 Å². The molecule has 0 unspecified atom stereocenters. The van der Waals surface area contributed by atoms with Crippen molar-refractivity contribution in [1.29, 1.82) is 0 Å². The predicted octanol–water partition coefficient (Wildman–Crippen LogP) is 2.47. The van der Waals surface area contributed by atoms with Crippen molar-refractivity contribution >= 4 is 22.8 Å². The smallest absolute Gasteiger partial charge is 0.247 e. The zero-order chi connectivity index (χ0) is 19.7. The molecule has 1 fully saturated rings. The molecule has 1 aliphatic rings. The largest absolute Gasteiger partial charge is 0.352 e. The Hall–Kier alpha value is -3.29. The van der Waals surface area contributed by atoms with Crippen molar-refractivity contribution in [3.63, 3.8) is 0 Å². The Kier molecular flexibility index (Phi) is 4.77. The molecule has 0 radical (unpaired) electrons. The number of nitrogens with zero attached hydrogens (tertiary/aromatic N) is 2. The van der Waals surface area contributed by atoms with Crippen molar-refractivity contribution in [3.05, 3.63) is 65.5 Å². The van der Waals surface area contributed by atoms with Crippen LogP contribution in [0.1, 0.15) is 23.9 Å². The van der Waals surface area contributed by atoms with E-state index >= 15 is 0 Å². The average molecular weight is 384 g/mol. The Bertz CT molecular complexity index is 1030. The zero-order valence-electron chi connectivity index (χ0n) is 14.9. The second-order valence-corrected chi connectivity index (χ2v) is 6.68. The molecule has 0 saturated carbocycles. The average Bonchev–Trinajstić information content (AvgIpc) is 3.09. The Labute approximate surface area is 159 Å². The number of imidazole rings is 1. The number of amides is 2. The van der Waals surface area contributed by atoms with Crippen molar-refractivity contribution < 1.29 is 18.4 Å². The minimum atomic E-state index is -0.786. The molecule has 1 saturated heterocycles. The second kappa shape index (κ2) is 7.38. The van der Waals surface area contributed by atoms with E-state index in [0.29, 0.717) is 41.9 Å². The summed E-state index contributed by atoms with van der Waals surface area (Å²) in [5.74, 6) is -0.672. The molecular weight excluding hydrogens is 366 g/mol. The lowest BCUT2D eigenvalue weighted by molar-refractivity contribution is -0.143. The third-order valence-electron chi connectivity index (χ3n) is 4.79. The lowest BCUT2D eigenvalue weighted by Crippen LogP contribution is -2.52. The first kappa shape index (κ1) is 18.1. The number of H-pyrrole nitrogens is 1. The molecule has 4 rings (SSSR count). The van der Waals surface area contributed by atoms with Crippen molar-refractivity contribution in [1.82, 2.24) is 20.2 Å². The molecule has 2 aromatic carbocycles. The molecule has 8 heteroatoms. The van der Waals surface area contributed by atoms with Gasteiger partial charge >= 0.3 is 0 Å². The number of aryl methyl sites for hydroxylation is 1. The number of benzene rings is 2. The number of hydrogen-bond acceptors (Lipinski definition) is 3. The Morgan fingerprint density at radius 3 is 2.68 bits per heavy atom. The number of hydrogen-bond donors (Lipinski definition) is 2. The molecule has 1 aromatic heterocycles. The molecule has 2 amide bonds. The van der Waals surface area contributed by atoms with E-state index < -0.39 is 11.9 Å². The van der Waals surface area contributed by atoms with E-state index in [4.69, 9.17) is 0 Å². The first-order valence-electron chi connectivity index (χ1n) is 8.98. The maximum absolute atomic E-state index is 13.3. The fourth-order valence-corrected chi connectivity index (χ4v) is 3.43. The van der Waals surface area contributed by atoms with Crippen LogP contribution in [0.3, 0.4) is 0 Å². The van der Waals surface area contributed by atoms with Gasteiger partial charge in [-0.2, -0.15) is 0 Å². The highest BCUT2D eigenvalue weighted by molar-refractivity contribution is 5.90. The van der Waals surface area contributed by atoms with Gasteiger partial charge in [0.1, 0.15) is 23.5 Å². The molecule has 0 aliphatic carbocycles. The van der Waals surface area contributed by atoms with E-state index in [0.717, 1.165) is 0 Å². The van der Waals surface area contributed by atoms with Crippen LogP contribution < -0.4 is 5.32 Å². The number of aromatic nitrogens is 2. The lowest BCUT2D eigenvalue weighted by Gasteiger charge is -2.35. The zero-order valence-corrected chi connectivity index (χ0v) is 14.9. The minimum absolute atomic E-state index is 0.146. The van der Waals surface area contributed by atoms with Gasteiger partial charge in [0.2, 0.25) is 11.8 Å². The summed E-state index contributed by atoms with van der Waals surface area (Å²) >= 11 is 0. The Morgan fingerprint density at radius 1 is 1.14 bits per heavy atom. The van der Waals surface area contributed by atoms with Crippen molar-refractivity contribution in [2.24, 2.45) is 0 Å². The molecule has 6 nitrogen and oxygen atoms in total. The molecule has 1 atom stereocenters. The van der Waals surface area contributed by atoms with Crippen LogP contribution in [0.2, 0.25) is 0 Å². The fourth-order valence-electron chi connectivity index (χ4n) is 3.43. The molecule has 2 N–H and O–H groups in total. The van der Waals surface area contributed by atoms with Crippen molar-refractivity contribution in [2.45, 2.75) is 18.9 Å². The van der Waals surface area contributed by atoms with Gasteiger partial charge in [0.15, 0.2) is 0 Å². The SMILES string of the molecule is O=C1NCCN(C(=O)CCc2nc3ccc(F)cc3[nH]2)[C@@H]1c1ccc(F)cc1. The quantitative estimate of drug-likeness (QED) is 0.725. The van der Waals surface area contributed by atoms with E-state index in [9.17, 15) is 18.4 Å². The third kappa shape index (κ3) is 3.58. The first-order valence-corrected chi connectivity index (χ1v) is 8.98. The number of carbonyl (C=O) groups is 2. The van der Waals surface area contributed by atoms with Crippen LogP contribution in [0.15, 0.2) is 42.5 Å². The lowest BCUT2D eigenvalue weighted by atomic mass is 10.0. The van der Waals surface area contributed by atoms with Gasteiger partial charge in [0, 0.05) is 25.9 Å². The van der Waals surface area contributed by atoms with Crippen LogP contribution in [0.25, 0.3) is 11.0 Å². The van der Waals surface area contributed by atoms with Gasteiger partial charge < -0.3 is 15.2 Å². The molecule has 144 valence electrons. The minimum Gasteiger partial charge on any atom is -0.352 e. The Morgan fingerprint density at radius 2 is 1.89 bits per heavy atom. The maximum atomic E-state index is 13.3. The number of piperazine rings is 1. The number of carbonyl (C=O) groups excluding carboxylic acids is 2. The summed E-state index contributed by atoms with van der Waals surface area (Å²) in [6.45, 7) is 0.740. The highest BCUT2D eigenvalue weighted by atomic mass is 19.1. The molecular formula is C20H18F2N4O2. The molecule has 2 heterocycles. The van der Waals surface area contributed by atoms with Crippen LogP contribution in [-0.4, -0.2) is 39.8 Å². The van der Waals surface area contributed by atoms with Gasteiger partial charge in [-0.3, -0.25) is 9.59 Å². The summed E-state index contributed by atoms with van der Waals surface area (Å²) in [5, 5.41) is 2.75. The van der Waals surface area contributed by atoms with Gasteiger partial charge in [0.25, 0.3) is 0 Å². The summed E-state index contributed by atoms with van der Waals surface area (Å²) in [7, 11) is 0. The van der Waals surface area contributed by atoms with Crippen LogP contribution in [0.4, 0.5) is 8.78 Å². The van der Waals surface area contributed by atoms with Gasteiger partial charge in [-0.25, -0.2) is 13.8 Å². The molecule has 3 aromatic rings. The summed E-state index contributed by atoms with van der Waals surface area (Å²) in [5.41, 5.74) is 1.76. The molecule has 28 heavy (non-hydrogen) atoms. The second-order valence-electron chi connectivity index (χ2n) is 6.68. The van der Waals surface area contributed by atoms with Crippen LogP contribution >= 0.6 is 0 Å². The number of aromatic amines is 1. The number of rotatable bonds is 4. The molecule has 0 bridgehead atoms. The van der Waals surface area contributed by atoms with E-state index in [1.807, 2.05) is 0 Å². The monoisotopic (exact) mass is 384 g/mol. The topological polar surface area (TPSA) is 78.1 Å². The number of fused-ring (bicyclic) bond motifs is 1. The van der Waals surface area contributed by atoms with E-state index in [2.05, 4.69) is 15.3 Å². The van der Waals surface area contributed by atoms with Gasteiger partial charge in [0.05, 0.1) is 11.0 Å². The fraction of sp³-hybridized carbons (Fsp3) is 0.250. The number of halogens is 2. The first-order chi connectivity index (χ1) is 13.5. The van der Waals surface area contributed by atoms with Crippen LogP contribution in [-0.2, 0) is 16.0 Å². The molecule has 0 spiro atoms. The van der Waals surface area contributed by atoms with E-state index in [1.165, 1.54) is 41.3 Å². The summed E-state index contributed by atoms with van der Waals surface area (Å²) in [6.07, 6.45) is 0.483. The van der Waals surface area contributed by atoms with Crippen molar-refractivity contribution in [2.75, 3.05) is 13.1 Å². The normalized spacial score (nSPS) is 17.0. The predicted molar refractivity (Wildman–Crippen MR) is 98.2 cm³/mol. The molecule has 1 aliphatic heterocycles. The van der Waals surface area contributed by atoms with Crippen LogP contribution in [0, 0.1) is 11.6 Å². The highest BCUT2D eigenvalue weighted by Gasteiger charge is 2.34. The highest BCUT2D eigenvalue weighted by Crippen LogP contribution is 2.25. The summed E-state index contributed by atoms with van der Waals surface area (Å²) in [4.78, 5) is 34.0. The Balaban J connectivity index is 1.49. The summed E-state index contributed by atoms with van der Waals surface area (Å²) < 4.78 is 26.5. The van der Waals surface area contributed by atoms with Gasteiger partial charge in [-0.05, 0) is 35.9 Å². The van der Waals surface area contributed by atoms with Crippen molar-refractivity contribution in [3.8, 4) is 0 Å². The van der Waals surface area contributed by atoms with E-state index in [-0.39, 0.29) is 24.1 Å². The number of nitrogens with one attached hydrogen (secondary N) is 2. The third-order valence-corrected chi connectivity index (χ3v) is 4.79.